The van der Waals surface area contributed by atoms with Crippen molar-refractivity contribution in [2.75, 3.05) is 5.75 Å². The van der Waals surface area contributed by atoms with Crippen molar-refractivity contribution in [2.24, 2.45) is 0 Å². The third-order valence-corrected chi connectivity index (χ3v) is 6.79. The van der Waals surface area contributed by atoms with Crippen LogP contribution in [0.4, 0.5) is 13.2 Å². The lowest BCUT2D eigenvalue weighted by atomic mass is 10.2. The molecule has 0 fully saturated rings. The first kappa shape index (κ1) is 25.9. The Labute approximate surface area is 212 Å². The van der Waals surface area contributed by atoms with Gasteiger partial charge in [-0.2, -0.15) is 13.2 Å². The molecule has 0 aliphatic rings. The van der Waals surface area contributed by atoms with Crippen molar-refractivity contribution in [3.63, 3.8) is 0 Å². The highest BCUT2D eigenvalue weighted by atomic mass is 32.2. The zero-order valence-corrected chi connectivity index (χ0v) is 20.4. The molecule has 0 N–H and O–H groups in total. The summed E-state index contributed by atoms with van der Waals surface area (Å²) < 4.78 is 62.3. The van der Waals surface area contributed by atoms with Crippen LogP contribution in [0.15, 0.2) is 76.5 Å². The van der Waals surface area contributed by atoms with Gasteiger partial charge in [-0.3, -0.25) is 0 Å². The highest BCUT2D eigenvalue weighted by Crippen LogP contribution is 2.36. The van der Waals surface area contributed by atoms with Gasteiger partial charge in [-0.05, 0) is 58.8 Å². The molecule has 2 aromatic carbocycles. The van der Waals surface area contributed by atoms with Gasteiger partial charge < -0.3 is 13.7 Å². The minimum atomic E-state index is -4.31. The van der Waals surface area contributed by atoms with Crippen LogP contribution in [0.5, 0.6) is 5.75 Å². The molecule has 188 valence electrons. The predicted molar refractivity (Wildman–Crippen MR) is 131 cm³/mol. The molecule has 0 aliphatic heterocycles. The maximum Gasteiger partial charge on any atom is 0.446 e. The average molecular weight is 535 g/mol. The van der Waals surface area contributed by atoms with Gasteiger partial charge in [-0.15, -0.1) is 5.10 Å². The Morgan fingerprint density at radius 2 is 1.86 bits per heavy atom. The number of hydrogen-bond donors (Lipinski definition) is 0. The number of aromatic nitrogens is 4. The minimum Gasteiger partial charge on any atom is -0.616 e. The Balaban J connectivity index is 1.22. The maximum atomic E-state index is 12.4. The van der Waals surface area contributed by atoms with Crippen LogP contribution >= 0.6 is 11.8 Å². The van der Waals surface area contributed by atoms with E-state index in [1.165, 1.54) is 18.4 Å². The smallest absolute Gasteiger partial charge is 0.446 e. The fourth-order valence-electron chi connectivity index (χ4n) is 3.06. The Bertz CT molecular complexity index is 1250. The highest BCUT2D eigenvalue weighted by molar-refractivity contribution is 8.00. The number of alkyl halides is 3. The van der Waals surface area contributed by atoms with Crippen molar-refractivity contribution in [2.45, 2.75) is 29.3 Å². The van der Waals surface area contributed by atoms with Crippen LogP contribution in [0.1, 0.15) is 22.7 Å². The molecule has 0 amide bonds. The summed E-state index contributed by atoms with van der Waals surface area (Å²) in [5.41, 5.74) is -2.06. The molecule has 2 aromatic heterocycles. The number of benzene rings is 2. The van der Waals surface area contributed by atoms with Crippen LogP contribution in [-0.4, -0.2) is 35.8 Å². The van der Waals surface area contributed by atoms with Gasteiger partial charge in [0.05, 0.1) is 12.7 Å². The third-order valence-electron chi connectivity index (χ3n) is 4.76. The van der Waals surface area contributed by atoms with Crippen molar-refractivity contribution in [1.82, 2.24) is 20.0 Å². The number of oxazole rings is 1. The number of thioether (sulfide) groups is 1. The van der Waals surface area contributed by atoms with E-state index in [0.717, 1.165) is 11.1 Å². The van der Waals surface area contributed by atoms with Crippen LogP contribution < -0.4 is 4.74 Å². The Morgan fingerprint density at radius 1 is 1.08 bits per heavy atom. The number of halogens is 3. The summed E-state index contributed by atoms with van der Waals surface area (Å²) in [6.07, 6.45) is 8.14. The summed E-state index contributed by atoms with van der Waals surface area (Å²) >= 11 is -1.17. The number of rotatable bonds is 11. The molecule has 0 spiro atoms. The van der Waals surface area contributed by atoms with Gasteiger partial charge in [0.2, 0.25) is 5.89 Å². The zero-order valence-electron chi connectivity index (χ0n) is 18.8. The summed E-state index contributed by atoms with van der Waals surface area (Å²) in [5, 5.41) is 7.58. The molecule has 1 atom stereocenters. The summed E-state index contributed by atoms with van der Waals surface area (Å²) in [4.78, 5) is 4.45. The number of nitrogens with zero attached hydrogens (tertiary/aromatic N) is 4. The van der Waals surface area contributed by atoms with E-state index < -0.39 is 16.7 Å². The summed E-state index contributed by atoms with van der Waals surface area (Å²) in [5.74, 6) is 1.93. The van der Waals surface area contributed by atoms with Gasteiger partial charge in [0.25, 0.3) is 0 Å². The summed E-state index contributed by atoms with van der Waals surface area (Å²) in [6, 6.07) is 13.4. The number of hydrogen-bond acceptors (Lipinski definition) is 7. The molecule has 12 heteroatoms. The van der Waals surface area contributed by atoms with E-state index in [-0.39, 0.29) is 23.3 Å². The van der Waals surface area contributed by atoms with Crippen LogP contribution in [0.25, 0.3) is 12.2 Å². The molecular formula is C24H21F3N4O3S2. The largest absolute Gasteiger partial charge is 0.616 e. The maximum absolute atomic E-state index is 12.4. The molecule has 7 nitrogen and oxygen atoms in total. The molecule has 4 rings (SSSR count). The average Bonchev–Trinajstić information content (AvgIpc) is 3.53. The van der Waals surface area contributed by atoms with Crippen molar-refractivity contribution < 1.29 is 26.9 Å². The second-order valence-electron chi connectivity index (χ2n) is 7.51. The first-order chi connectivity index (χ1) is 17.3. The molecule has 0 saturated heterocycles. The zero-order chi connectivity index (χ0) is 25.4. The summed E-state index contributed by atoms with van der Waals surface area (Å²) in [6.45, 7) is 0.750. The Kier molecular flexibility index (Phi) is 8.73. The van der Waals surface area contributed by atoms with E-state index in [1.807, 2.05) is 24.3 Å². The van der Waals surface area contributed by atoms with Gasteiger partial charge in [-0.25, -0.2) is 9.67 Å². The van der Waals surface area contributed by atoms with E-state index in [9.17, 15) is 17.7 Å². The monoisotopic (exact) mass is 534 g/mol. The molecule has 4 aromatic rings. The predicted octanol–water partition coefficient (Wildman–Crippen LogP) is 5.58. The lowest BCUT2D eigenvalue weighted by molar-refractivity contribution is -0.0328. The van der Waals surface area contributed by atoms with Gasteiger partial charge in [0, 0.05) is 22.7 Å². The molecule has 0 aliphatic carbocycles. The Morgan fingerprint density at radius 3 is 2.56 bits per heavy atom. The Hall–Kier alpha value is -3.22. The van der Waals surface area contributed by atoms with E-state index in [1.54, 1.807) is 41.4 Å². The molecule has 2 heterocycles. The van der Waals surface area contributed by atoms with Crippen molar-refractivity contribution in [3.05, 3.63) is 89.9 Å². The van der Waals surface area contributed by atoms with Crippen LogP contribution in [0.3, 0.4) is 0 Å². The third kappa shape index (κ3) is 8.47. The fourth-order valence-corrected chi connectivity index (χ4v) is 4.70. The van der Waals surface area contributed by atoms with Gasteiger partial charge in [0.1, 0.15) is 35.8 Å². The van der Waals surface area contributed by atoms with Crippen LogP contribution in [-0.2, 0) is 30.1 Å². The molecule has 1 unspecified atom stereocenters. The molecule has 0 saturated carbocycles. The normalized spacial score (nSPS) is 12.8. The topological polar surface area (TPSA) is 89.0 Å². The molecule has 0 radical (unpaired) electrons. The molecular weight excluding hydrogens is 513 g/mol. The van der Waals surface area contributed by atoms with Crippen LogP contribution in [0, 0.1) is 0 Å². The quantitative estimate of drug-likeness (QED) is 0.183. The van der Waals surface area contributed by atoms with Crippen molar-refractivity contribution >= 4 is 35.1 Å². The fraction of sp³-hybridized carbons (Fsp3) is 0.208. The lowest BCUT2D eigenvalue weighted by Gasteiger charge is -2.11. The second kappa shape index (κ2) is 12.2. The second-order valence-corrected chi connectivity index (χ2v) is 10.2. The van der Waals surface area contributed by atoms with E-state index in [0.29, 0.717) is 35.4 Å². The van der Waals surface area contributed by atoms with Gasteiger partial charge >= 0.3 is 5.51 Å². The van der Waals surface area contributed by atoms with Crippen LogP contribution in [0.2, 0.25) is 0 Å². The van der Waals surface area contributed by atoms with E-state index >= 15 is 0 Å². The SMILES string of the molecule is [O-][S+](CCn1ccnn1)Cc1ccc(OCc2coc(/C=C/c3ccc(SC(F)(F)F)cc3)n2)cc1. The van der Waals surface area contributed by atoms with Gasteiger partial charge in [-0.1, -0.05) is 29.5 Å². The molecule has 36 heavy (non-hydrogen) atoms. The highest BCUT2D eigenvalue weighted by Gasteiger charge is 2.28. The van der Waals surface area contributed by atoms with E-state index in [2.05, 4.69) is 15.3 Å². The van der Waals surface area contributed by atoms with E-state index in [4.69, 9.17) is 9.15 Å². The first-order valence-corrected chi connectivity index (χ1v) is 13.0. The first-order valence-electron chi connectivity index (χ1n) is 10.7. The molecule has 0 bridgehead atoms. The standard InChI is InChI=1S/C24H21F3N4O3S2/c25-24(26,27)35-22-8-3-18(4-9-22)5-10-23-29-20(16-34-23)15-33-21-6-1-19(2-7-21)17-36(32)14-13-31-12-11-28-30-31/h1-12,16H,13-15,17H2/b10-5+. The minimum absolute atomic E-state index is 0.125. The van der Waals surface area contributed by atoms with Crippen molar-refractivity contribution in [1.29, 1.82) is 0 Å². The van der Waals surface area contributed by atoms with Gasteiger partial charge in [0.15, 0.2) is 0 Å². The summed E-state index contributed by atoms with van der Waals surface area (Å²) in [7, 11) is 0. The number of aryl methyl sites for hydroxylation is 1. The lowest BCUT2D eigenvalue weighted by Crippen LogP contribution is -2.15. The number of ether oxygens (including phenoxy) is 1. The van der Waals surface area contributed by atoms with Crippen molar-refractivity contribution in [3.8, 4) is 5.75 Å².